The van der Waals surface area contributed by atoms with E-state index in [1.54, 1.807) is 0 Å². The number of halogens is 2. The van der Waals surface area contributed by atoms with Crippen LogP contribution in [-0.2, 0) is 10.2 Å². The predicted molar refractivity (Wildman–Crippen MR) is 92.2 cm³/mol. The van der Waals surface area contributed by atoms with Gasteiger partial charge in [-0.15, -0.1) is 0 Å². The van der Waals surface area contributed by atoms with Gasteiger partial charge in [0.15, 0.2) is 5.69 Å². The average molecular weight is 437 g/mol. The van der Waals surface area contributed by atoms with E-state index >= 15 is 0 Å². The summed E-state index contributed by atoms with van der Waals surface area (Å²) in [6, 6.07) is 4.16. The van der Waals surface area contributed by atoms with Crippen LogP contribution in [0.25, 0.3) is 5.70 Å². The zero-order valence-electron chi connectivity index (χ0n) is 12.5. The van der Waals surface area contributed by atoms with Gasteiger partial charge in [-0.2, -0.15) is 8.42 Å². The Morgan fingerprint density at radius 3 is 2.80 bits per heavy atom. The maximum Gasteiger partial charge on any atom is 0.274 e. The summed E-state index contributed by atoms with van der Waals surface area (Å²) in [5, 5.41) is 27.1. The lowest BCUT2D eigenvalue weighted by Crippen LogP contribution is -2.34. The first-order valence-electron chi connectivity index (χ1n) is 6.71. The predicted octanol–water partition coefficient (Wildman–Crippen LogP) is 1.14. The molecule has 0 spiro atoms. The molecule has 6 N–H and O–H groups in total. The Bertz CT molecular complexity index is 872. The zero-order chi connectivity index (χ0) is 18.4. The van der Waals surface area contributed by atoms with Crippen molar-refractivity contribution in [2.24, 2.45) is 5.14 Å². The summed E-state index contributed by atoms with van der Waals surface area (Å²) in [4.78, 5) is 0. The fourth-order valence-corrected chi connectivity index (χ4v) is 2.50. The number of hydrogen-bond acceptors (Lipinski definition) is 8. The van der Waals surface area contributed by atoms with Gasteiger partial charge in [-0.05, 0) is 44.4 Å². The zero-order valence-corrected chi connectivity index (χ0v) is 14.9. The lowest BCUT2D eigenvalue weighted by atomic mass is 10.2. The Morgan fingerprint density at radius 2 is 2.16 bits per heavy atom. The highest BCUT2D eigenvalue weighted by Gasteiger charge is 2.16. The number of aromatic nitrogens is 2. The summed E-state index contributed by atoms with van der Waals surface area (Å²) < 4.78 is 41.8. The number of aliphatic hydroxyl groups is 1. The van der Waals surface area contributed by atoms with Crippen LogP contribution >= 0.6 is 15.9 Å². The Balaban J connectivity index is 2.06. The van der Waals surface area contributed by atoms with E-state index in [0.717, 1.165) is 6.26 Å². The first-order valence-corrected chi connectivity index (χ1v) is 9.04. The Morgan fingerprint density at radius 1 is 1.40 bits per heavy atom. The highest BCUT2D eigenvalue weighted by atomic mass is 79.9. The van der Waals surface area contributed by atoms with Gasteiger partial charge in [-0.1, -0.05) is 0 Å². The number of anilines is 2. The topological polar surface area (TPSA) is 155 Å². The minimum Gasteiger partial charge on any atom is -0.513 e. The van der Waals surface area contributed by atoms with Gasteiger partial charge < -0.3 is 15.7 Å². The molecule has 0 saturated heterocycles. The molecular weight excluding hydrogens is 423 g/mol. The van der Waals surface area contributed by atoms with E-state index in [1.807, 2.05) is 0 Å². The SMILES string of the molecule is NS(=O)(=O)NCCNc1nonc1/C(=C/O)Nc1ccc(F)c(Br)c1. The van der Waals surface area contributed by atoms with E-state index in [1.165, 1.54) is 18.2 Å². The van der Waals surface area contributed by atoms with Crippen molar-refractivity contribution in [1.29, 1.82) is 0 Å². The summed E-state index contributed by atoms with van der Waals surface area (Å²) in [7, 11) is -3.79. The van der Waals surface area contributed by atoms with Crippen LogP contribution in [0.4, 0.5) is 15.9 Å². The Hall–Kier alpha value is -2.22. The molecule has 136 valence electrons. The smallest absolute Gasteiger partial charge is 0.274 e. The lowest BCUT2D eigenvalue weighted by Gasteiger charge is -2.10. The third-order valence-corrected chi connectivity index (χ3v) is 4.01. The minimum atomic E-state index is -3.79. The molecule has 0 amide bonds. The number of aliphatic hydroxyl groups excluding tert-OH is 1. The molecule has 25 heavy (non-hydrogen) atoms. The largest absolute Gasteiger partial charge is 0.513 e. The van der Waals surface area contributed by atoms with Crippen molar-refractivity contribution in [3.8, 4) is 0 Å². The average Bonchev–Trinajstić information content (AvgIpc) is 3.00. The van der Waals surface area contributed by atoms with Gasteiger partial charge in [0.05, 0.1) is 4.47 Å². The van der Waals surface area contributed by atoms with E-state index in [9.17, 15) is 17.9 Å². The molecule has 0 fully saturated rings. The van der Waals surface area contributed by atoms with Crippen LogP contribution in [0, 0.1) is 5.82 Å². The van der Waals surface area contributed by atoms with Crippen LogP contribution in [-0.4, -0.2) is 36.9 Å². The highest BCUT2D eigenvalue weighted by Crippen LogP contribution is 2.25. The van der Waals surface area contributed by atoms with Gasteiger partial charge in [-0.25, -0.2) is 18.9 Å². The van der Waals surface area contributed by atoms with Gasteiger partial charge in [0, 0.05) is 18.8 Å². The fourth-order valence-electron chi connectivity index (χ4n) is 1.74. The summed E-state index contributed by atoms with van der Waals surface area (Å²) >= 11 is 3.06. The van der Waals surface area contributed by atoms with Crippen molar-refractivity contribution in [3.63, 3.8) is 0 Å². The fraction of sp³-hybridized carbons (Fsp3) is 0.167. The lowest BCUT2D eigenvalue weighted by molar-refractivity contribution is 0.307. The van der Waals surface area contributed by atoms with Crippen LogP contribution in [0.2, 0.25) is 0 Å². The van der Waals surface area contributed by atoms with Crippen LogP contribution in [0.15, 0.2) is 33.6 Å². The summed E-state index contributed by atoms with van der Waals surface area (Å²) in [5.41, 5.74) is 0.735. The van der Waals surface area contributed by atoms with Crippen molar-refractivity contribution < 1.29 is 22.5 Å². The Kier molecular flexibility index (Phi) is 6.30. The van der Waals surface area contributed by atoms with Gasteiger partial charge in [-0.3, -0.25) is 0 Å². The van der Waals surface area contributed by atoms with Crippen molar-refractivity contribution >= 4 is 43.3 Å². The molecule has 1 heterocycles. The quantitative estimate of drug-likeness (QED) is 0.304. The van der Waals surface area contributed by atoms with Crippen molar-refractivity contribution in [1.82, 2.24) is 15.0 Å². The molecule has 0 aliphatic carbocycles. The molecule has 1 aromatic carbocycles. The van der Waals surface area contributed by atoms with Crippen LogP contribution in [0.5, 0.6) is 0 Å². The molecule has 0 radical (unpaired) electrons. The first-order chi connectivity index (χ1) is 11.8. The van der Waals surface area contributed by atoms with Gasteiger partial charge in [0.25, 0.3) is 10.2 Å². The standard InChI is InChI=1S/C12H14BrFN6O4S/c13-8-5-7(1-2-9(8)14)18-10(6-21)11-12(20-24-19-11)16-3-4-17-25(15,22)23/h1-2,5-6,17-18,21H,3-4H2,(H,16,20)(H2,15,22,23)/b10-6-. The van der Waals surface area contributed by atoms with Crippen LogP contribution in [0.1, 0.15) is 5.69 Å². The van der Waals surface area contributed by atoms with E-state index in [2.05, 4.69) is 46.2 Å². The molecule has 1 aromatic heterocycles. The number of nitrogens with zero attached hydrogens (tertiary/aromatic N) is 2. The molecule has 0 unspecified atom stereocenters. The molecule has 0 bridgehead atoms. The number of rotatable bonds is 8. The van der Waals surface area contributed by atoms with Gasteiger partial charge in [0.2, 0.25) is 5.82 Å². The third-order valence-electron chi connectivity index (χ3n) is 2.79. The molecule has 0 aliphatic heterocycles. The van der Waals surface area contributed by atoms with E-state index in [4.69, 9.17) is 5.14 Å². The summed E-state index contributed by atoms with van der Waals surface area (Å²) in [6.45, 7) is 0.139. The Labute approximate surface area is 150 Å². The first kappa shape index (κ1) is 19.1. The molecule has 0 aliphatic rings. The monoisotopic (exact) mass is 436 g/mol. The maximum atomic E-state index is 13.3. The molecule has 0 atom stereocenters. The van der Waals surface area contributed by atoms with Crippen molar-refractivity contribution in [2.45, 2.75) is 0 Å². The molecular formula is C12H14BrFN6O4S. The normalized spacial score (nSPS) is 12.2. The van der Waals surface area contributed by atoms with E-state index < -0.39 is 16.0 Å². The second-order valence-electron chi connectivity index (χ2n) is 4.62. The van der Waals surface area contributed by atoms with Crippen LogP contribution in [0.3, 0.4) is 0 Å². The van der Waals surface area contributed by atoms with Crippen molar-refractivity contribution in [2.75, 3.05) is 23.7 Å². The molecule has 2 aromatic rings. The van der Waals surface area contributed by atoms with Gasteiger partial charge >= 0.3 is 0 Å². The maximum absolute atomic E-state index is 13.3. The second-order valence-corrected chi connectivity index (χ2v) is 6.86. The third kappa shape index (κ3) is 5.67. The van der Waals surface area contributed by atoms with Crippen LogP contribution < -0.4 is 20.5 Å². The summed E-state index contributed by atoms with van der Waals surface area (Å²) in [6.07, 6.45) is 0.741. The molecule has 2 rings (SSSR count). The highest BCUT2D eigenvalue weighted by molar-refractivity contribution is 9.10. The number of nitrogens with two attached hydrogens (primary N) is 1. The van der Waals surface area contributed by atoms with E-state index in [0.29, 0.717) is 5.69 Å². The second kappa shape index (κ2) is 8.24. The number of benzene rings is 1. The summed E-state index contributed by atoms with van der Waals surface area (Å²) in [5.74, 6) is -0.280. The molecule has 0 saturated carbocycles. The molecule has 10 nitrogen and oxygen atoms in total. The van der Waals surface area contributed by atoms with Crippen molar-refractivity contribution in [3.05, 3.63) is 40.4 Å². The van der Waals surface area contributed by atoms with Gasteiger partial charge in [0.1, 0.15) is 17.8 Å². The van der Waals surface area contributed by atoms with E-state index in [-0.39, 0.29) is 34.8 Å². The molecule has 13 heteroatoms. The number of nitrogens with one attached hydrogen (secondary N) is 3. The minimum absolute atomic E-state index is 0.00163. The number of hydrogen-bond donors (Lipinski definition) is 5.